The number of nitrogens with one attached hydrogen (secondary N) is 11. The molecule has 566 valence electrons. The smallest absolute Gasteiger partial charge is 0.239 e. The number of hydrazone groups is 2. The molecule has 0 aliphatic carbocycles. The van der Waals surface area contributed by atoms with E-state index in [1.165, 1.54) is 5.28 Å². The lowest BCUT2D eigenvalue weighted by atomic mass is 9.81. The average Bonchev–Trinajstić information content (AvgIpc) is 0.789. The van der Waals surface area contributed by atoms with E-state index >= 15 is 0 Å². The van der Waals surface area contributed by atoms with E-state index in [4.69, 9.17) is 43.9 Å². The minimum atomic E-state index is -0.116. The molecular formula is C75H140N18O6. The number of unbranched alkanes of at least 4 members (excludes halogenated alkanes) is 6. The molecule has 6 fully saturated rings. The van der Waals surface area contributed by atoms with Crippen molar-refractivity contribution in [3.63, 3.8) is 0 Å². The zero-order chi connectivity index (χ0) is 72.5. The van der Waals surface area contributed by atoms with E-state index in [-0.39, 0.29) is 103 Å². The van der Waals surface area contributed by atoms with Crippen LogP contribution in [0.4, 0.5) is 0 Å². The van der Waals surface area contributed by atoms with E-state index in [9.17, 15) is 0 Å². The summed E-state index contributed by atoms with van der Waals surface area (Å²) in [4.78, 5) is 27.9. The molecule has 6 saturated heterocycles. The monoisotopic (exact) mass is 1390 g/mol. The second-order valence-corrected chi connectivity index (χ2v) is 39.0. The Kier molecular flexibility index (Phi) is 24.2. The summed E-state index contributed by atoms with van der Waals surface area (Å²) in [6.45, 7) is 57.2. The van der Waals surface area contributed by atoms with Gasteiger partial charge in [-0.05, 0) is 230 Å². The first kappa shape index (κ1) is 78.8. The molecule has 99 heavy (non-hydrogen) atoms. The van der Waals surface area contributed by atoms with Crippen LogP contribution in [0, 0.1) is 0 Å². The standard InChI is InChI=1S/C75H140N18O6/c1-64(2)40-52(41-65(3,4)84-64)94-61-37-58(78-91(81-61)97-55-46-70(13,14)87-71(15,16)47-55)76-33-29-25-27-31-35-90(60-39-63(96-54-44-68(9,10)86-69(11,12)45-54)83-93(80-60)99-57-50-74(21,22)89-75(23,24)51-57)36-32-28-26-30-34-77-59-38-62(95-53-42-66(5,6)85-67(7,8)43-53)82-92(79-59)98-56-48-72(17,18)88-73(19,20)49-56/h37-39,52-57,76,78,80,82,84-89H,25-36,40-51H2,1-24H3,(H,77,79). The third kappa shape index (κ3) is 25.5. The lowest BCUT2D eigenvalue weighted by molar-refractivity contribution is -0.266. The number of rotatable bonds is 26. The quantitative estimate of drug-likeness (QED) is 0.0361. The number of hydrogen-bond acceptors (Lipinski definition) is 23. The van der Waals surface area contributed by atoms with E-state index in [0.717, 1.165) is 166 Å². The molecule has 0 amide bonds. The molecule has 0 radical (unpaired) electrons. The third-order valence-corrected chi connectivity index (χ3v) is 20.2. The first-order chi connectivity index (χ1) is 45.6. The van der Waals surface area contributed by atoms with Crippen molar-refractivity contribution < 1.29 is 28.7 Å². The molecule has 0 spiro atoms. The first-order valence-corrected chi connectivity index (χ1v) is 38.2. The predicted octanol–water partition coefficient (Wildman–Crippen LogP) is 11.2. The van der Waals surface area contributed by atoms with Crippen LogP contribution in [-0.4, -0.2) is 168 Å². The van der Waals surface area contributed by atoms with Gasteiger partial charge in [-0.15, -0.1) is 0 Å². The summed E-state index contributed by atoms with van der Waals surface area (Å²) >= 11 is 0. The Morgan fingerprint density at radius 2 is 0.727 bits per heavy atom. The molecule has 9 aliphatic rings. The first-order valence-electron chi connectivity index (χ1n) is 38.2. The van der Waals surface area contributed by atoms with Gasteiger partial charge in [0.05, 0.1) is 18.3 Å². The highest BCUT2D eigenvalue weighted by Gasteiger charge is 2.46. The lowest BCUT2D eigenvalue weighted by Gasteiger charge is -2.47. The van der Waals surface area contributed by atoms with Gasteiger partial charge in [-0.25, -0.2) is 26.0 Å². The lowest BCUT2D eigenvalue weighted by Crippen LogP contribution is -2.63. The van der Waals surface area contributed by atoms with Crippen LogP contribution in [0.2, 0.25) is 0 Å². The number of amidine groups is 1. The van der Waals surface area contributed by atoms with Gasteiger partial charge in [-0.1, -0.05) is 46.4 Å². The molecule has 0 aromatic heterocycles. The summed E-state index contributed by atoms with van der Waals surface area (Å²) in [7, 11) is 0. The topological polar surface area (TPSA) is 238 Å². The van der Waals surface area contributed by atoms with Crippen LogP contribution < -0.4 is 58.9 Å². The molecule has 11 N–H and O–H groups in total. The van der Waals surface area contributed by atoms with Crippen LogP contribution in [0.5, 0.6) is 0 Å². The Morgan fingerprint density at radius 3 is 1.14 bits per heavy atom. The van der Waals surface area contributed by atoms with Crippen molar-refractivity contribution in [3.05, 3.63) is 35.8 Å². The van der Waals surface area contributed by atoms with E-state index in [1.807, 2.05) is 12.2 Å². The number of hydrogen-bond donors (Lipinski definition) is 11. The SMILES string of the molecule is CC1(C)CC(OC2=CC(=NCCCCCCN(CCCCCCNC3=CC(OC4CC(C)(C)NC(C)(C)C4)=NN(OC4CC(C)(C)NC(C)(C)C4)N3)C3=CC(OC4CC(C)(C)NC(C)(C)C4)=NN(OC4CC(C)(C)NC(C)(C)C4)N3)NN(OC3CC(C)(C)NC(C)(C)C3)N2)CC(C)(C)N1. The van der Waals surface area contributed by atoms with Crippen LogP contribution in [0.1, 0.15) is 295 Å². The highest BCUT2D eigenvalue weighted by Crippen LogP contribution is 2.38. The molecule has 0 unspecified atom stereocenters. The summed E-state index contributed by atoms with van der Waals surface area (Å²) < 4.78 is 20.6. The molecule has 24 heteroatoms. The van der Waals surface area contributed by atoms with Crippen molar-refractivity contribution >= 4 is 17.6 Å². The van der Waals surface area contributed by atoms with Gasteiger partial charge in [-0.3, -0.25) is 15.3 Å². The van der Waals surface area contributed by atoms with Crippen LogP contribution in [0.25, 0.3) is 0 Å². The van der Waals surface area contributed by atoms with Gasteiger partial charge in [0.15, 0.2) is 0 Å². The van der Waals surface area contributed by atoms with Crippen molar-refractivity contribution in [1.82, 2.24) is 79.7 Å². The molecule has 9 rings (SSSR count). The number of aliphatic imine (C=N–C) groups is 1. The van der Waals surface area contributed by atoms with E-state index in [0.29, 0.717) is 24.2 Å². The fourth-order valence-corrected chi connectivity index (χ4v) is 19.0. The number of hydrazine groups is 4. The Hall–Kier alpha value is -4.37. The molecule has 0 bridgehead atoms. The minimum absolute atomic E-state index is 0.00546. The van der Waals surface area contributed by atoms with Crippen molar-refractivity contribution in [3.8, 4) is 0 Å². The normalized spacial score (nSPS) is 27.8. The fraction of sp³-hybridized carbons (Fsp3) is 0.880. The van der Waals surface area contributed by atoms with Gasteiger partial charge in [0.1, 0.15) is 35.8 Å². The van der Waals surface area contributed by atoms with Crippen molar-refractivity contribution in [2.75, 3.05) is 26.2 Å². The van der Waals surface area contributed by atoms with Crippen molar-refractivity contribution in [2.24, 2.45) is 15.2 Å². The van der Waals surface area contributed by atoms with Crippen molar-refractivity contribution in [2.45, 2.75) is 398 Å². The summed E-state index contributed by atoms with van der Waals surface area (Å²) in [5.41, 5.74) is 12.9. The van der Waals surface area contributed by atoms with Gasteiger partial charge < -0.3 is 56.3 Å². The van der Waals surface area contributed by atoms with Gasteiger partial charge in [0.25, 0.3) is 0 Å². The molecule has 0 aromatic rings. The van der Waals surface area contributed by atoms with Crippen LogP contribution in [0.3, 0.4) is 0 Å². The summed E-state index contributed by atoms with van der Waals surface area (Å²) in [5.74, 6) is 4.21. The minimum Gasteiger partial charge on any atom is -0.475 e. The summed E-state index contributed by atoms with van der Waals surface area (Å²) in [6.07, 6.45) is 24.3. The maximum Gasteiger partial charge on any atom is 0.239 e. The van der Waals surface area contributed by atoms with Gasteiger partial charge in [0.2, 0.25) is 17.7 Å². The predicted molar refractivity (Wildman–Crippen MR) is 398 cm³/mol. The van der Waals surface area contributed by atoms with E-state index < -0.39 is 0 Å². The van der Waals surface area contributed by atoms with E-state index in [1.54, 1.807) is 10.6 Å². The van der Waals surface area contributed by atoms with Crippen LogP contribution in [0.15, 0.2) is 50.9 Å². The molecule has 0 atom stereocenters. The summed E-state index contributed by atoms with van der Waals surface area (Å²) in [6, 6.07) is 0. The number of piperidine rings is 6. The van der Waals surface area contributed by atoms with Crippen LogP contribution >= 0.6 is 0 Å². The molecule has 9 heterocycles. The highest BCUT2D eigenvalue weighted by atomic mass is 16.8. The molecular weight excluding hydrogens is 1250 g/mol. The van der Waals surface area contributed by atoms with Gasteiger partial charge in [-0.2, -0.15) is 0 Å². The maximum atomic E-state index is 7.00. The zero-order valence-electron chi connectivity index (χ0n) is 66.2. The average molecular weight is 1390 g/mol. The number of nitrogens with zero attached hydrogens (tertiary/aromatic N) is 7. The Balaban J connectivity index is 0.864. The van der Waals surface area contributed by atoms with Gasteiger partial charge in [0, 0.05) is 155 Å². The molecule has 24 nitrogen and oxygen atoms in total. The third-order valence-electron chi connectivity index (χ3n) is 20.2. The molecule has 9 aliphatic heterocycles. The van der Waals surface area contributed by atoms with Crippen LogP contribution in [-0.2, 0) is 28.7 Å². The molecule has 0 saturated carbocycles. The molecule has 0 aromatic carbocycles. The maximum absolute atomic E-state index is 7.00. The largest absolute Gasteiger partial charge is 0.475 e. The summed E-state index contributed by atoms with van der Waals surface area (Å²) in [5, 5.41) is 41.3. The highest BCUT2D eigenvalue weighted by molar-refractivity contribution is 5.93. The zero-order valence-corrected chi connectivity index (χ0v) is 66.2. The Labute approximate surface area is 598 Å². The fourth-order valence-electron chi connectivity index (χ4n) is 19.0. The Bertz CT molecular complexity index is 2810. The van der Waals surface area contributed by atoms with E-state index in [2.05, 4.69) is 236 Å². The van der Waals surface area contributed by atoms with Gasteiger partial charge >= 0.3 is 0 Å². The van der Waals surface area contributed by atoms with Crippen molar-refractivity contribution in [1.29, 1.82) is 0 Å². The Morgan fingerprint density at radius 1 is 0.384 bits per heavy atom. The number of ether oxygens (including phenoxy) is 3. The second kappa shape index (κ2) is 30.4. The second-order valence-electron chi connectivity index (χ2n) is 39.0.